The predicted molar refractivity (Wildman–Crippen MR) is 78.2 cm³/mol. The maximum atomic E-state index is 5.53. The van der Waals surface area contributed by atoms with Crippen LogP contribution in [0.15, 0.2) is 53.5 Å². The zero-order valence-corrected chi connectivity index (χ0v) is 11.9. The van der Waals surface area contributed by atoms with Gasteiger partial charge in [-0.25, -0.2) is 9.97 Å². The average Bonchev–Trinajstić information content (AvgIpc) is 3.17. The Morgan fingerprint density at radius 2 is 2.19 bits per heavy atom. The van der Waals surface area contributed by atoms with Gasteiger partial charge in [0.05, 0.1) is 25.3 Å². The van der Waals surface area contributed by atoms with Gasteiger partial charge in [0, 0.05) is 25.5 Å². The van der Waals surface area contributed by atoms with Gasteiger partial charge < -0.3 is 19.0 Å². The Hall–Kier alpha value is -2.76. The van der Waals surface area contributed by atoms with Crippen molar-refractivity contribution in [3.8, 4) is 5.88 Å². The molecule has 21 heavy (non-hydrogen) atoms. The third-order valence-corrected chi connectivity index (χ3v) is 3.20. The Morgan fingerprint density at radius 1 is 1.29 bits per heavy atom. The zero-order valence-electron chi connectivity index (χ0n) is 11.9. The van der Waals surface area contributed by atoms with Crippen LogP contribution >= 0.6 is 0 Å². The highest BCUT2D eigenvalue weighted by Gasteiger charge is 2.20. The van der Waals surface area contributed by atoms with Gasteiger partial charge >= 0.3 is 0 Å². The summed E-state index contributed by atoms with van der Waals surface area (Å²) in [4.78, 5) is 8.59. The van der Waals surface area contributed by atoms with Crippen LogP contribution in [0.3, 0.4) is 0 Å². The van der Waals surface area contributed by atoms with Crippen molar-refractivity contribution < 1.29 is 9.15 Å². The number of hydrogen-bond donors (Lipinski definition) is 1. The molecule has 6 nitrogen and oxygen atoms in total. The van der Waals surface area contributed by atoms with E-state index in [1.807, 2.05) is 36.0 Å². The lowest BCUT2D eigenvalue weighted by Crippen LogP contribution is -2.16. The maximum absolute atomic E-state index is 5.53. The number of aromatic nitrogens is 3. The van der Waals surface area contributed by atoms with Crippen molar-refractivity contribution in [1.82, 2.24) is 14.5 Å². The van der Waals surface area contributed by atoms with Gasteiger partial charge in [-0.1, -0.05) is 0 Å². The highest BCUT2D eigenvalue weighted by Crippen LogP contribution is 2.26. The standard InChI is InChI=1S/C15H16N4O2/c1-19-8-7-16-15(19)14(12-4-3-9-21-12)18-11-5-6-13(20-2)17-10-11/h3-10,14,18H,1-2H3. The number of ether oxygens (including phenoxy) is 1. The van der Waals surface area contributed by atoms with Gasteiger partial charge in [0.25, 0.3) is 0 Å². The SMILES string of the molecule is COc1ccc(NC(c2ccco2)c2nccn2C)cn1. The van der Waals surface area contributed by atoms with Gasteiger partial charge in [-0.15, -0.1) is 0 Å². The van der Waals surface area contributed by atoms with Crippen LogP contribution in [-0.2, 0) is 7.05 Å². The van der Waals surface area contributed by atoms with E-state index in [1.165, 1.54) is 0 Å². The van der Waals surface area contributed by atoms with Crippen molar-refractivity contribution in [3.63, 3.8) is 0 Å². The van der Waals surface area contributed by atoms with Crippen molar-refractivity contribution in [3.05, 3.63) is 60.7 Å². The van der Waals surface area contributed by atoms with Crippen LogP contribution in [0.25, 0.3) is 0 Å². The van der Waals surface area contributed by atoms with Crippen molar-refractivity contribution in [1.29, 1.82) is 0 Å². The molecule has 0 aromatic carbocycles. The predicted octanol–water partition coefficient (Wildman–Crippen LogP) is 2.62. The summed E-state index contributed by atoms with van der Waals surface area (Å²) in [5.41, 5.74) is 0.861. The molecule has 3 heterocycles. The molecule has 0 amide bonds. The first-order valence-corrected chi connectivity index (χ1v) is 6.55. The molecule has 0 radical (unpaired) electrons. The zero-order chi connectivity index (χ0) is 14.7. The maximum Gasteiger partial charge on any atom is 0.213 e. The molecule has 3 aromatic rings. The summed E-state index contributed by atoms with van der Waals surface area (Å²) >= 11 is 0. The molecule has 3 aromatic heterocycles. The quantitative estimate of drug-likeness (QED) is 0.780. The summed E-state index contributed by atoms with van der Waals surface area (Å²) in [6.07, 6.45) is 7.04. The van der Waals surface area contributed by atoms with E-state index >= 15 is 0 Å². The first kappa shape index (κ1) is 13.2. The third kappa shape index (κ3) is 2.74. The van der Waals surface area contributed by atoms with Crippen LogP contribution in [0.4, 0.5) is 5.69 Å². The van der Waals surface area contributed by atoms with E-state index in [9.17, 15) is 0 Å². The number of rotatable bonds is 5. The third-order valence-electron chi connectivity index (χ3n) is 3.20. The fourth-order valence-corrected chi connectivity index (χ4v) is 2.13. The number of furan rings is 1. The Kier molecular flexibility index (Phi) is 3.59. The Morgan fingerprint density at radius 3 is 2.76 bits per heavy atom. The summed E-state index contributed by atoms with van der Waals surface area (Å²) < 4.78 is 12.6. The fraction of sp³-hybridized carbons (Fsp3) is 0.200. The van der Waals surface area contributed by atoms with E-state index in [0.717, 1.165) is 17.3 Å². The Balaban J connectivity index is 1.91. The smallest absolute Gasteiger partial charge is 0.213 e. The highest BCUT2D eigenvalue weighted by molar-refractivity contribution is 5.45. The second-order valence-electron chi connectivity index (χ2n) is 4.58. The number of nitrogens with one attached hydrogen (secondary N) is 1. The molecule has 0 aliphatic carbocycles. The number of methoxy groups -OCH3 is 1. The van der Waals surface area contributed by atoms with E-state index < -0.39 is 0 Å². The Bertz CT molecular complexity index is 689. The lowest BCUT2D eigenvalue weighted by molar-refractivity contribution is 0.398. The van der Waals surface area contributed by atoms with E-state index in [-0.39, 0.29) is 6.04 Å². The molecular formula is C15H16N4O2. The molecule has 0 bridgehead atoms. The average molecular weight is 284 g/mol. The molecule has 0 spiro atoms. The molecule has 0 saturated carbocycles. The Labute approximate surface area is 122 Å². The van der Waals surface area contributed by atoms with Crippen molar-refractivity contribution in [2.24, 2.45) is 7.05 Å². The van der Waals surface area contributed by atoms with Gasteiger partial charge in [-0.05, 0) is 18.2 Å². The molecule has 108 valence electrons. The number of aryl methyl sites for hydroxylation is 1. The largest absolute Gasteiger partial charge is 0.481 e. The number of anilines is 1. The first-order chi connectivity index (χ1) is 10.3. The van der Waals surface area contributed by atoms with Gasteiger partial charge in [0.2, 0.25) is 5.88 Å². The van der Waals surface area contributed by atoms with Crippen LogP contribution in [0.5, 0.6) is 5.88 Å². The number of nitrogens with zero attached hydrogens (tertiary/aromatic N) is 3. The second-order valence-corrected chi connectivity index (χ2v) is 4.58. The van der Waals surface area contributed by atoms with Crippen LogP contribution in [-0.4, -0.2) is 21.6 Å². The minimum absolute atomic E-state index is 0.185. The normalized spacial score (nSPS) is 12.1. The van der Waals surface area contributed by atoms with Crippen LogP contribution < -0.4 is 10.1 Å². The molecular weight excluding hydrogens is 268 g/mol. The molecule has 6 heteroatoms. The number of imidazole rings is 1. The molecule has 1 unspecified atom stereocenters. The summed E-state index contributed by atoms with van der Waals surface area (Å²) in [6.45, 7) is 0. The van der Waals surface area contributed by atoms with Gasteiger partial charge in [-0.2, -0.15) is 0 Å². The van der Waals surface area contributed by atoms with E-state index in [0.29, 0.717) is 5.88 Å². The van der Waals surface area contributed by atoms with Gasteiger partial charge in [0.1, 0.15) is 17.6 Å². The van der Waals surface area contributed by atoms with Crippen molar-refractivity contribution >= 4 is 5.69 Å². The lowest BCUT2D eigenvalue weighted by atomic mass is 10.2. The lowest BCUT2D eigenvalue weighted by Gasteiger charge is -2.17. The van der Waals surface area contributed by atoms with E-state index in [2.05, 4.69) is 15.3 Å². The molecule has 1 N–H and O–H groups in total. The minimum Gasteiger partial charge on any atom is -0.481 e. The first-order valence-electron chi connectivity index (χ1n) is 6.55. The number of hydrogen-bond acceptors (Lipinski definition) is 5. The summed E-state index contributed by atoms with van der Waals surface area (Å²) in [5.74, 6) is 2.23. The second kappa shape index (κ2) is 5.70. The molecule has 0 aliphatic rings. The highest BCUT2D eigenvalue weighted by atomic mass is 16.5. The molecule has 1 atom stereocenters. The summed E-state index contributed by atoms with van der Waals surface area (Å²) in [6, 6.07) is 7.31. The summed E-state index contributed by atoms with van der Waals surface area (Å²) in [7, 11) is 3.54. The van der Waals surface area contributed by atoms with E-state index in [4.69, 9.17) is 9.15 Å². The molecule has 0 aliphatic heterocycles. The molecule has 3 rings (SSSR count). The van der Waals surface area contributed by atoms with Gasteiger partial charge in [-0.3, -0.25) is 0 Å². The fourth-order valence-electron chi connectivity index (χ4n) is 2.13. The summed E-state index contributed by atoms with van der Waals surface area (Å²) in [5, 5.41) is 3.38. The molecule has 0 saturated heterocycles. The van der Waals surface area contributed by atoms with Crippen LogP contribution in [0, 0.1) is 0 Å². The molecule has 0 fully saturated rings. The number of pyridine rings is 1. The van der Waals surface area contributed by atoms with E-state index in [1.54, 1.807) is 31.8 Å². The monoisotopic (exact) mass is 284 g/mol. The van der Waals surface area contributed by atoms with Crippen molar-refractivity contribution in [2.45, 2.75) is 6.04 Å². The van der Waals surface area contributed by atoms with Crippen molar-refractivity contribution in [2.75, 3.05) is 12.4 Å². The van der Waals surface area contributed by atoms with Gasteiger partial charge in [0.15, 0.2) is 0 Å². The topological polar surface area (TPSA) is 65.1 Å². The van der Waals surface area contributed by atoms with Crippen LogP contribution in [0.2, 0.25) is 0 Å². The minimum atomic E-state index is -0.185. The van der Waals surface area contributed by atoms with Crippen LogP contribution in [0.1, 0.15) is 17.6 Å².